The SMILES string of the molecule is c1cnc(-n2cc(CCCNC3CC3)cn2)nc1. The molecule has 94 valence electrons. The van der Waals surface area contributed by atoms with Crippen LogP contribution in [0.2, 0.25) is 0 Å². The maximum Gasteiger partial charge on any atom is 0.250 e. The van der Waals surface area contributed by atoms with Crippen molar-refractivity contribution in [1.29, 1.82) is 0 Å². The topological polar surface area (TPSA) is 55.6 Å². The smallest absolute Gasteiger partial charge is 0.250 e. The molecule has 1 N–H and O–H groups in total. The van der Waals surface area contributed by atoms with Gasteiger partial charge >= 0.3 is 0 Å². The Morgan fingerprint density at radius 2 is 2.11 bits per heavy atom. The number of hydrogen-bond acceptors (Lipinski definition) is 4. The van der Waals surface area contributed by atoms with Gasteiger partial charge in [0.1, 0.15) is 0 Å². The molecule has 0 spiro atoms. The largest absolute Gasteiger partial charge is 0.314 e. The predicted molar refractivity (Wildman–Crippen MR) is 68.5 cm³/mol. The van der Waals surface area contributed by atoms with Crippen LogP contribution in [0, 0.1) is 0 Å². The Balaban J connectivity index is 1.52. The molecule has 1 fully saturated rings. The molecule has 2 aromatic rings. The van der Waals surface area contributed by atoms with Gasteiger partial charge in [-0.25, -0.2) is 14.6 Å². The third kappa shape index (κ3) is 2.92. The molecule has 18 heavy (non-hydrogen) atoms. The summed E-state index contributed by atoms with van der Waals surface area (Å²) in [5.41, 5.74) is 1.24. The first-order chi connectivity index (χ1) is 8.92. The molecule has 0 saturated heterocycles. The average molecular weight is 243 g/mol. The van der Waals surface area contributed by atoms with E-state index in [0.717, 1.165) is 25.4 Å². The van der Waals surface area contributed by atoms with E-state index in [4.69, 9.17) is 0 Å². The van der Waals surface area contributed by atoms with Crippen LogP contribution in [0.1, 0.15) is 24.8 Å². The molecule has 1 aliphatic rings. The monoisotopic (exact) mass is 243 g/mol. The van der Waals surface area contributed by atoms with Gasteiger partial charge in [0.15, 0.2) is 0 Å². The second kappa shape index (κ2) is 5.27. The zero-order valence-corrected chi connectivity index (χ0v) is 10.3. The number of hydrogen-bond donors (Lipinski definition) is 1. The molecule has 5 heteroatoms. The fourth-order valence-corrected chi connectivity index (χ4v) is 1.89. The highest BCUT2D eigenvalue weighted by molar-refractivity contribution is 5.13. The molecule has 5 nitrogen and oxygen atoms in total. The quantitative estimate of drug-likeness (QED) is 0.778. The molecule has 2 aromatic heterocycles. The predicted octanol–water partition coefficient (Wildman–Crippen LogP) is 1.35. The van der Waals surface area contributed by atoms with Gasteiger partial charge in [-0.05, 0) is 43.9 Å². The van der Waals surface area contributed by atoms with E-state index in [1.807, 2.05) is 12.4 Å². The van der Waals surface area contributed by atoms with Crippen LogP contribution in [0.25, 0.3) is 5.95 Å². The number of nitrogens with one attached hydrogen (secondary N) is 1. The van der Waals surface area contributed by atoms with E-state index in [2.05, 4.69) is 20.4 Å². The molecule has 0 aliphatic heterocycles. The summed E-state index contributed by atoms with van der Waals surface area (Å²) >= 11 is 0. The lowest BCUT2D eigenvalue weighted by atomic mass is 10.2. The summed E-state index contributed by atoms with van der Waals surface area (Å²) in [5, 5.41) is 7.80. The van der Waals surface area contributed by atoms with E-state index in [9.17, 15) is 0 Å². The van der Waals surface area contributed by atoms with Gasteiger partial charge in [-0.1, -0.05) is 0 Å². The fraction of sp³-hybridized carbons (Fsp3) is 0.462. The second-order valence-electron chi connectivity index (χ2n) is 4.67. The Bertz CT molecular complexity index is 489. The van der Waals surface area contributed by atoms with Crippen molar-refractivity contribution < 1.29 is 0 Å². The summed E-state index contributed by atoms with van der Waals surface area (Å²) in [7, 11) is 0. The molecule has 0 aromatic carbocycles. The van der Waals surface area contributed by atoms with E-state index >= 15 is 0 Å². The van der Waals surface area contributed by atoms with Crippen LogP contribution in [-0.4, -0.2) is 32.3 Å². The molecule has 0 bridgehead atoms. The lowest BCUT2D eigenvalue weighted by Crippen LogP contribution is -2.17. The van der Waals surface area contributed by atoms with Crippen molar-refractivity contribution in [3.05, 3.63) is 36.4 Å². The molecule has 3 rings (SSSR count). The molecule has 0 amide bonds. The van der Waals surface area contributed by atoms with Crippen LogP contribution in [0.4, 0.5) is 0 Å². The molecule has 0 unspecified atom stereocenters. The van der Waals surface area contributed by atoms with Crippen LogP contribution in [0.15, 0.2) is 30.9 Å². The van der Waals surface area contributed by atoms with Gasteiger partial charge in [0.25, 0.3) is 0 Å². The van der Waals surface area contributed by atoms with Gasteiger partial charge in [0.2, 0.25) is 5.95 Å². The lowest BCUT2D eigenvalue weighted by Gasteiger charge is -2.00. The Morgan fingerprint density at radius 3 is 2.89 bits per heavy atom. The minimum absolute atomic E-state index is 0.625. The minimum Gasteiger partial charge on any atom is -0.314 e. The zero-order chi connectivity index (χ0) is 12.2. The van der Waals surface area contributed by atoms with Crippen LogP contribution < -0.4 is 5.32 Å². The average Bonchev–Trinajstić information content (AvgIpc) is 3.12. The summed E-state index contributed by atoms with van der Waals surface area (Å²) in [4.78, 5) is 8.33. The highest BCUT2D eigenvalue weighted by atomic mass is 15.3. The van der Waals surface area contributed by atoms with Crippen LogP contribution >= 0.6 is 0 Å². The number of aryl methyl sites for hydroxylation is 1. The lowest BCUT2D eigenvalue weighted by molar-refractivity contribution is 0.645. The van der Waals surface area contributed by atoms with Crippen LogP contribution in [-0.2, 0) is 6.42 Å². The highest BCUT2D eigenvalue weighted by Crippen LogP contribution is 2.18. The summed E-state index contributed by atoms with van der Waals surface area (Å²) in [6, 6.07) is 2.60. The summed E-state index contributed by atoms with van der Waals surface area (Å²) in [5.74, 6) is 0.625. The Morgan fingerprint density at radius 1 is 1.28 bits per heavy atom. The van der Waals surface area contributed by atoms with Gasteiger partial charge in [0, 0.05) is 24.6 Å². The van der Waals surface area contributed by atoms with E-state index in [1.54, 1.807) is 23.1 Å². The maximum atomic E-state index is 4.28. The summed E-state index contributed by atoms with van der Waals surface area (Å²) in [6.45, 7) is 1.09. The van der Waals surface area contributed by atoms with Crippen molar-refractivity contribution in [1.82, 2.24) is 25.1 Å². The molecule has 1 saturated carbocycles. The third-order valence-electron chi connectivity index (χ3n) is 3.05. The fourth-order valence-electron chi connectivity index (χ4n) is 1.89. The van der Waals surface area contributed by atoms with Crippen molar-refractivity contribution in [2.45, 2.75) is 31.7 Å². The molecule has 0 atom stereocenters. The molecular weight excluding hydrogens is 226 g/mol. The van der Waals surface area contributed by atoms with Crippen molar-refractivity contribution >= 4 is 0 Å². The molecular formula is C13H17N5. The van der Waals surface area contributed by atoms with Crippen LogP contribution in [0.5, 0.6) is 0 Å². The number of rotatable bonds is 6. The Hall–Kier alpha value is -1.75. The minimum atomic E-state index is 0.625. The molecule has 2 heterocycles. The second-order valence-corrected chi connectivity index (χ2v) is 4.67. The Labute approximate surface area is 106 Å². The van der Waals surface area contributed by atoms with Gasteiger partial charge < -0.3 is 5.32 Å². The third-order valence-corrected chi connectivity index (χ3v) is 3.05. The number of aromatic nitrogens is 4. The van der Waals surface area contributed by atoms with Crippen LogP contribution in [0.3, 0.4) is 0 Å². The van der Waals surface area contributed by atoms with Crippen molar-refractivity contribution in [2.24, 2.45) is 0 Å². The van der Waals surface area contributed by atoms with E-state index < -0.39 is 0 Å². The van der Waals surface area contributed by atoms with E-state index in [-0.39, 0.29) is 0 Å². The summed E-state index contributed by atoms with van der Waals surface area (Å²) in [6.07, 6.45) is 12.3. The van der Waals surface area contributed by atoms with E-state index in [1.165, 1.54) is 18.4 Å². The van der Waals surface area contributed by atoms with Crippen molar-refractivity contribution in [3.8, 4) is 5.95 Å². The van der Waals surface area contributed by atoms with E-state index in [0.29, 0.717) is 5.95 Å². The number of nitrogens with zero attached hydrogens (tertiary/aromatic N) is 4. The maximum absolute atomic E-state index is 4.28. The first kappa shape index (κ1) is 11.3. The first-order valence-corrected chi connectivity index (χ1v) is 6.46. The summed E-state index contributed by atoms with van der Waals surface area (Å²) < 4.78 is 1.73. The zero-order valence-electron chi connectivity index (χ0n) is 10.3. The normalized spacial score (nSPS) is 14.9. The van der Waals surface area contributed by atoms with Gasteiger partial charge in [-0.3, -0.25) is 0 Å². The highest BCUT2D eigenvalue weighted by Gasteiger charge is 2.19. The first-order valence-electron chi connectivity index (χ1n) is 6.46. The van der Waals surface area contributed by atoms with Crippen molar-refractivity contribution in [2.75, 3.05) is 6.54 Å². The van der Waals surface area contributed by atoms with Gasteiger partial charge in [0.05, 0.1) is 6.20 Å². The van der Waals surface area contributed by atoms with Crippen molar-refractivity contribution in [3.63, 3.8) is 0 Å². The molecule has 0 radical (unpaired) electrons. The standard InChI is InChI=1S/C13H17N5/c1(6-14-12-4-5-12)3-11-9-17-18(10-11)13-15-7-2-8-16-13/h2,7-10,12,14H,1,3-6H2. The van der Waals surface area contributed by atoms with Gasteiger partial charge in [-0.15, -0.1) is 0 Å². The molecule has 1 aliphatic carbocycles. The Kier molecular flexibility index (Phi) is 3.32. The van der Waals surface area contributed by atoms with Gasteiger partial charge in [-0.2, -0.15) is 5.10 Å².